The zero-order valence-electron chi connectivity index (χ0n) is 9.49. The third-order valence-corrected chi connectivity index (χ3v) is 5.68. The molecule has 0 unspecified atom stereocenters. The molecule has 96 valence electrons. The molecule has 0 fully saturated rings. The molecule has 2 nitrogen and oxygen atoms in total. The summed E-state index contributed by atoms with van der Waals surface area (Å²) in [6, 6.07) is 12.1. The highest BCUT2D eigenvalue weighted by Gasteiger charge is 2.56. The van der Waals surface area contributed by atoms with Gasteiger partial charge in [-0.15, -0.1) is 0 Å². The Balaban J connectivity index is 1.96. The largest absolute Gasteiger partial charge is 0.452 e. The van der Waals surface area contributed by atoms with Crippen molar-refractivity contribution in [1.82, 2.24) is 0 Å². The van der Waals surface area contributed by atoms with Gasteiger partial charge in [0, 0.05) is 20.1 Å². The fourth-order valence-electron chi connectivity index (χ4n) is 2.60. The summed E-state index contributed by atoms with van der Waals surface area (Å²) < 4.78 is 13.4. The Morgan fingerprint density at radius 3 is 1.79 bits per heavy atom. The highest BCUT2D eigenvalue weighted by atomic mass is 79.9. The van der Waals surface area contributed by atoms with Crippen LogP contribution >= 0.6 is 47.8 Å². The van der Waals surface area contributed by atoms with Gasteiger partial charge in [0.15, 0.2) is 4.32 Å². The molecule has 2 aliphatic heterocycles. The molecule has 2 heterocycles. The number of ether oxygens (including phenoxy) is 2. The van der Waals surface area contributed by atoms with Crippen LogP contribution in [0.2, 0.25) is 0 Å². The Bertz CT molecular complexity index is 644. The number of hydrogen-bond acceptors (Lipinski definition) is 2. The molecule has 2 aliphatic rings. The predicted molar refractivity (Wildman–Crippen MR) is 83.0 cm³/mol. The van der Waals surface area contributed by atoms with Crippen LogP contribution in [-0.4, -0.2) is 6.29 Å². The van der Waals surface area contributed by atoms with E-state index in [-0.39, 0.29) is 6.29 Å². The first kappa shape index (κ1) is 12.2. The van der Waals surface area contributed by atoms with Crippen molar-refractivity contribution in [3.63, 3.8) is 0 Å². The maximum Gasteiger partial charge on any atom is 0.264 e. The van der Waals surface area contributed by atoms with Crippen molar-refractivity contribution < 1.29 is 9.47 Å². The standard InChI is InChI=1S/C14H7Br3O2/c15-7-1-3-9-11(5-7)18-13-14(9,17)10-4-2-8(16)6-12(10)19-13/h1-6,13H. The van der Waals surface area contributed by atoms with Crippen LogP contribution in [0.1, 0.15) is 11.1 Å². The van der Waals surface area contributed by atoms with Crippen LogP contribution in [0, 0.1) is 0 Å². The van der Waals surface area contributed by atoms with E-state index in [0.29, 0.717) is 0 Å². The molecule has 0 spiro atoms. The Morgan fingerprint density at radius 2 is 1.32 bits per heavy atom. The molecule has 2 aromatic rings. The zero-order valence-corrected chi connectivity index (χ0v) is 14.2. The molecule has 0 amide bonds. The van der Waals surface area contributed by atoms with Gasteiger partial charge in [-0.1, -0.05) is 59.9 Å². The van der Waals surface area contributed by atoms with E-state index in [1.165, 1.54) is 0 Å². The lowest BCUT2D eigenvalue weighted by atomic mass is 9.93. The first-order valence-electron chi connectivity index (χ1n) is 5.71. The van der Waals surface area contributed by atoms with E-state index in [1.807, 2.05) is 24.3 Å². The number of hydrogen-bond donors (Lipinski definition) is 0. The van der Waals surface area contributed by atoms with Crippen molar-refractivity contribution in [1.29, 1.82) is 0 Å². The van der Waals surface area contributed by atoms with Crippen LogP contribution in [0.25, 0.3) is 0 Å². The summed E-state index contributed by atoms with van der Waals surface area (Å²) in [6.07, 6.45) is -0.360. The number of fused-ring (bicyclic) bond motifs is 5. The minimum absolute atomic E-state index is 0.360. The lowest BCUT2D eigenvalue weighted by Crippen LogP contribution is -2.31. The van der Waals surface area contributed by atoms with E-state index < -0.39 is 4.32 Å². The van der Waals surface area contributed by atoms with Crippen molar-refractivity contribution >= 4 is 47.8 Å². The summed E-state index contributed by atoms with van der Waals surface area (Å²) in [7, 11) is 0. The SMILES string of the molecule is Brc1ccc2c(c1)OC1Oc3cc(Br)ccc3C21Br. The minimum Gasteiger partial charge on any atom is -0.452 e. The lowest BCUT2D eigenvalue weighted by Gasteiger charge is -2.18. The van der Waals surface area contributed by atoms with Gasteiger partial charge in [-0.05, 0) is 24.3 Å². The molecule has 0 aromatic heterocycles. The number of benzene rings is 2. The van der Waals surface area contributed by atoms with Crippen molar-refractivity contribution in [3.05, 3.63) is 56.5 Å². The molecule has 0 aliphatic carbocycles. The highest BCUT2D eigenvalue weighted by molar-refractivity contribution is 9.11. The maximum absolute atomic E-state index is 5.92. The van der Waals surface area contributed by atoms with Crippen LogP contribution in [-0.2, 0) is 4.32 Å². The van der Waals surface area contributed by atoms with Crippen LogP contribution in [0.3, 0.4) is 0 Å². The second kappa shape index (κ2) is 3.99. The first-order valence-corrected chi connectivity index (χ1v) is 8.09. The van der Waals surface area contributed by atoms with E-state index in [4.69, 9.17) is 9.47 Å². The van der Waals surface area contributed by atoms with Crippen LogP contribution < -0.4 is 9.47 Å². The lowest BCUT2D eigenvalue weighted by molar-refractivity contribution is 0.0267. The highest BCUT2D eigenvalue weighted by Crippen LogP contribution is 2.58. The third-order valence-electron chi connectivity index (χ3n) is 3.46. The van der Waals surface area contributed by atoms with Gasteiger partial charge in [0.1, 0.15) is 11.5 Å². The number of halogens is 3. The fourth-order valence-corrected chi connectivity index (χ4v) is 4.13. The van der Waals surface area contributed by atoms with Gasteiger partial charge in [-0.2, -0.15) is 0 Å². The quantitative estimate of drug-likeness (QED) is 0.532. The van der Waals surface area contributed by atoms with E-state index in [2.05, 4.69) is 59.9 Å². The monoisotopic (exact) mass is 444 g/mol. The fraction of sp³-hybridized carbons (Fsp3) is 0.143. The van der Waals surface area contributed by atoms with Gasteiger partial charge in [-0.25, -0.2) is 0 Å². The maximum atomic E-state index is 5.92. The summed E-state index contributed by atoms with van der Waals surface area (Å²) in [5, 5.41) is 0. The Morgan fingerprint density at radius 1 is 0.842 bits per heavy atom. The van der Waals surface area contributed by atoms with Gasteiger partial charge in [-0.3, -0.25) is 0 Å². The topological polar surface area (TPSA) is 18.5 Å². The van der Waals surface area contributed by atoms with Crippen LogP contribution in [0.15, 0.2) is 45.3 Å². The molecule has 5 heteroatoms. The molecule has 19 heavy (non-hydrogen) atoms. The van der Waals surface area contributed by atoms with Crippen molar-refractivity contribution in [3.8, 4) is 11.5 Å². The Labute approximate surface area is 135 Å². The van der Waals surface area contributed by atoms with E-state index >= 15 is 0 Å². The molecule has 0 N–H and O–H groups in total. The number of rotatable bonds is 0. The zero-order chi connectivity index (χ0) is 13.2. The van der Waals surface area contributed by atoms with Gasteiger partial charge in [0.25, 0.3) is 6.29 Å². The molecule has 0 saturated carbocycles. The molecule has 2 aromatic carbocycles. The minimum atomic E-state index is -0.418. The van der Waals surface area contributed by atoms with Gasteiger partial charge in [0.2, 0.25) is 0 Å². The second-order valence-corrected chi connectivity index (χ2v) is 7.64. The summed E-state index contributed by atoms with van der Waals surface area (Å²) in [5.41, 5.74) is 2.20. The molecular formula is C14H7Br3O2. The van der Waals surface area contributed by atoms with Gasteiger partial charge < -0.3 is 9.47 Å². The molecule has 0 radical (unpaired) electrons. The summed E-state index contributed by atoms with van der Waals surface area (Å²) >= 11 is 10.8. The molecule has 0 atom stereocenters. The van der Waals surface area contributed by atoms with Crippen molar-refractivity contribution in [2.45, 2.75) is 10.6 Å². The van der Waals surface area contributed by atoms with Crippen LogP contribution in [0.5, 0.6) is 11.5 Å². The molecule has 0 saturated heterocycles. The summed E-state index contributed by atoms with van der Waals surface area (Å²) in [4.78, 5) is 0. The number of alkyl halides is 1. The predicted octanol–water partition coefficient (Wildman–Crippen LogP) is 4.96. The average molecular weight is 447 g/mol. The van der Waals surface area contributed by atoms with Crippen molar-refractivity contribution in [2.24, 2.45) is 0 Å². The van der Waals surface area contributed by atoms with E-state index in [9.17, 15) is 0 Å². The van der Waals surface area contributed by atoms with Gasteiger partial charge >= 0.3 is 0 Å². The first-order chi connectivity index (χ1) is 9.09. The average Bonchev–Trinajstić information content (AvgIpc) is 2.77. The normalized spacial score (nSPS) is 26.2. The van der Waals surface area contributed by atoms with Crippen molar-refractivity contribution in [2.75, 3.05) is 0 Å². The molecule has 4 rings (SSSR count). The second-order valence-electron chi connectivity index (χ2n) is 4.56. The van der Waals surface area contributed by atoms with E-state index in [0.717, 1.165) is 31.6 Å². The summed E-state index contributed by atoms with van der Waals surface area (Å²) in [6.45, 7) is 0. The van der Waals surface area contributed by atoms with Gasteiger partial charge in [0.05, 0.1) is 0 Å². The Hall–Kier alpha value is -0.520. The third kappa shape index (κ3) is 1.58. The summed E-state index contributed by atoms with van der Waals surface area (Å²) in [5.74, 6) is 1.70. The molecule has 0 bridgehead atoms. The smallest absolute Gasteiger partial charge is 0.264 e. The molecular weight excluding hydrogens is 440 g/mol. The van der Waals surface area contributed by atoms with Crippen LogP contribution in [0.4, 0.5) is 0 Å². The van der Waals surface area contributed by atoms with E-state index in [1.54, 1.807) is 0 Å². The Kier molecular flexibility index (Phi) is 2.57.